The van der Waals surface area contributed by atoms with E-state index in [1.54, 1.807) is 0 Å². The van der Waals surface area contributed by atoms with Gasteiger partial charge in [0.2, 0.25) is 10.0 Å². The minimum Gasteiger partial charge on any atom is -0.465 e. The van der Waals surface area contributed by atoms with Crippen LogP contribution in [0.25, 0.3) is 0 Å². The Morgan fingerprint density at radius 2 is 2.10 bits per heavy atom. The molecule has 1 unspecified atom stereocenters. The summed E-state index contributed by atoms with van der Waals surface area (Å²) >= 11 is 0. The molecule has 0 heterocycles. The van der Waals surface area contributed by atoms with Crippen LogP contribution in [0.5, 0.6) is 0 Å². The van der Waals surface area contributed by atoms with Gasteiger partial charge in [-0.1, -0.05) is 0 Å². The Labute approximate surface area is 118 Å². The molecule has 0 fully saturated rings. The summed E-state index contributed by atoms with van der Waals surface area (Å²) in [4.78, 5) is 11.5. The molecule has 0 spiro atoms. The van der Waals surface area contributed by atoms with E-state index < -0.39 is 22.1 Å². The molecule has 1 aromatic rings. The lowest BCUT2D eigenvalue weighted by molar-refractivity contribution is 0.0596. The number of hydrogen-bond acceptors (Lipinski definition) is 6. The highest BCUT2D eigenvalue weighted by Gasteiger charge is 2.27. The SMILES string of the molecule is COC(=O)c1cc(N)ccc1S(=O)(=O)N(C)CC(C)O. The maximum Gasteiger partial charge on any atom is 0.339 e. The Kier molecular flexibility index (Phi) is 5.09. The van der Waals surface area contributed by atoms with E-state index in [1.807, 2.05) is 0 Å². The molecule has 1 atom stereocenters. The average Bonchev–Trinajstić information content (AvgIpc) is 2.36. The Bertz CT molecular complexity index is 598. The Morgan fingerprint density at radius 1 is 1.50 bits per heavy atom. The van der Waals surface area contributed by atoms with Crippen LogP contribution in [0.1, 0.15) is 17.3 Å². The number of carbonyl (C=O) groups excluding carboxylic acids is 1. The topological polar surface area (TPSA) is 110 Å². The zero-order chi connectivity index (χ0) is 15.5. The molecule has 0 bridgehead atoms. The number of methoxy groups -OCH3 is 1. The molecule has 1 aromatic carbocycles. The van der Waals surface area contributed by atoms with Gasteiger partial charge in [0.25, 0.3) is 0 Å². The lowest BCUT2D eigenvalue weighted by Gasteiger charge is -2.20. The number of sulfonamides is 1. The van der Waals surface area contributed by atoms with Crippen molar-refractivity contribution in [3.8, 4) is 0 Å². The van der Waals surface area contributed by atoms with E-state index in [0.29, 0.717) is 0 Å². The molecular formula is C12H18N2O5S. The maximum absolute atomic E-state index is 12.4. The monoisotopic (exact) mass is 302 g/mol. The van der Waals surface area contributed by atoms with Crippen molar-refractivity contribution in [3.05, 3.63) is 23.8 Å². The van der Waals surface area contributed by atoms with Crippen molar-refractivity contribution in [2.75, 3.05) is 26.4 Å². The first kappa shape index (κ1) is 16.4. The highest BCUT2D eigenvalue weighted by Crippen LogP contribution is 2.22. The van der Waals surface area contributed by atoms with Crippen LogP contribution in [0.4, 0.5) is 5.69 Å². The van der Waals surface area contributed by atoms with E-state index >= 15 is 0 Å². The van der Waals surface area contributed by atoms with Gasteiger partial charge in [0.15, 0.2) is 0 Å². The fourth-order valence-corrected chi connectivity index (χ4v) is 3.09. The van der Waals surface area contributed by atoms with Crippen molar-refractivity contribution in [2.45, 2.75) is 17.9 Å². The third-order valence-corrected chi connectivity index (χ3v) is 4.50. The molecule has 3 N–H and O–H groups in total. The zero-order valence-electron chi connectivity index (χ0n) is 11.5. The molecule has 7 nitrogen and oxygen atoms in total. The number of ether oxygens (including phenoxy) is 1. The number of rotatable bonds is 5. The lowest BCUT2D eigenvalue weighted by atomic mass is 10.2. The number of hydrogen-bond donors (Lipinski definition) is 2. The predicted molar refractivity (Wildman–Crippen MR) is 73.7 cm³/mol. The van der Waals surface area contributed by atoms with Crippen molar-refractivity contribution >= 4 is 21.7 Å². The first-order chi connectivity index (χ1) is 9.20. The van der Waals surface area contributed by atoms with E-state index in [9.17, 15) is 18.3 Å². The van der Waals surface area contributed by atoms with Crippen LogP contribution in [0, 0.1) is 0 Å². The molecule has 0 aliphatic rings. The summed E-state index contributed by atoms with van der Waals surface area (Å²) in [5, 5.41) is 9.28. The van der Waals surface area contributed by atoms with Crippen LogP contribution in [-0.4, -0.2) is 50.6 Å². The van der Waals surface area contributed by atoms with E-state index in [2.05, 4.69) is 4.74 Å². The second kappa shape index (κ2) is 6.21. The van der Waals surface area contributed by atoms with Crippen molar-refractivity contribution in [1.29, 1.82) is 0 Å². The van der Waals surface area contributed by atoms with Crippen molar-refractivity contribution in [3.63, 3.8) is 0 Å². The van der Waals surface area contributed by atoms with Crippen LogP contribution >= 0.6 is 0 Å². The molecule has 1 rings (SSSR count). The second-order valence-electron chi connectivity index (χ2n) is 4.38. The van der Waals surface area contributed by atoms with E-state index in [4.69, 9.17) is 5.73 Å². The fourth-order valence-electron chi connectivity index (χ4n) is 1.68. The molecule has 0 saturated carbocycles. The molecule has 0 amide bonds. The Morgan fingerprint density at radius 3 is 2.60 bits per heavy atom. The molecule has 0 radical (unpaired) electrons. The summed E-state index contributed by atoms with van der Waals surface area (Å²) in [5.74, 6) is -0.790. The number of esters is 1. The summed E-state index contributed by atoms with van der Waals surface area (Å²) in [5.41, 5.74) is 5.68. The number of aliphatic hydroxyl groups excluding tert-OH is 1. The summed E-state index contributed by atoms with van der Waals surface area (Å²) in [6.45, 7) is 1.38. The van der Waals surface area contributed by atoms with Gasteiger partial charge < -0.3 is 15.6 Å². The third-order valence-electron chi connectivity index (χ3n) is 2.62. The van der Waals surface area contributed by atoms with Crippen LogP contribution in [0.15, 0.2) is 23.1 Å². The van der Waals surface area contributed by atoms with Gasteiger partial charge in [-0.15, -0.1) is 0 Å². The maximum atomic E-state index is 12.4. The van der Waals surface area contributed by atoms with Crippen LogP contribution < -0.4 is 5.73 Å². The molecule has 0 aromatic heterocycles. The summed E-state index contributed by atoms with van der Waals surface area (Å²) in [6, 6.07) is 3.87. The first-order valence-corrected chi connectivity index (χ1v) is 7.26. The van der Waals surface area contributed by atoms with Crippen LogP contribution in [0.2, 0.25) is 0 Å². The molecule has 0 aliphatic carbocycles. The number of carbonyl (C=O) groups is 1. The fraction of sp³-hybridized carbons (Fsp3) is 0.417. The van der Waals surface area contributed by atoms with Crippen LogP contribution in [-0.2, 0) is 14.8 Å². The van der Waals surface area contributed by atoms with Gasteiger partial charge in [-0.3, -0.25) is 0 Å². The third kappa shape index (κ3) is 3.47. The van der Waals surface area contributed by atoms with Crippen molar-refractivity contribution < 1.29 is 23.1 Å². The molecule has 8 heteroatoms. The highest BCUT2D eigenvalue weighted by molar-refractivity contribution is 7.89. The predicted octanol–water partition coefficient (Wildman–Crippen LogP) is 0.0567. The van der Waals surface area contributed by atoms with Gasteiger partial charge in [0, 0.05) is 19.3 Å². The quantitative estimate of drug-likeness (QED) is 0.588. The zero-order valence-corrected chi connectivity index (χ0v) is 12.3. The van der Waals surface area contributed by atoms with Crippen LogP contribution in [0.3, 0.4) is 0 Å². The molecule has 0 aliphatic heterocycles. The highest BCUT2D eigenvalue weighted by atomic mass is 32.2. The smallest absolute Gasteiger partial charge is 0.339 e. The van der Waals surface area contributed by atoms with E-state index in [-0.39, 0.29) is 22.7 Å². The lowest BCUT2D eigenvalue weighted by Crippen LogP contribution is -2.34. The number of benzene rings is 1. The number of nitrogens with zero attached hydrogens (tertiary/aromatic N) is 1. The number of nitrogens with two attached hydrogens (primary N) is 1. The minimum atomic E-state index is -3.92. The Balaban J connectivity index is 3.35. The second-order valence-corrected chi connectivity index (χ2v) is 6.40. The van der Waals surface area contributed by atoms with Gasteiger partial charge in [-0.05, 0) is 25.1 Å². The van der Waals surface area contributed by atoms with Crippen molar-refractivity contribution in [1.82, 2.24) is 4.31 Å². The normalized spacial score (nSPS) is 13.2. The van der Waals surface area contributed by atoms with E-state index in [0.717, 1.165) is 11.4 Å². The standard InChI is InChI=1S/C12H18N2O5S/c1-8(15)7-14(2)20(17,18)11-5-4-9(13)6-10(11)12(16)19-3/h4-6,8,15H,7,13H2,1-3H3. The van der Waals surface area contributed by atoms with Crippen molar-refractivity contribution in [2.24, 2.45) is 0 Å². The minimum absolute atomic E-state index is 0.0900. The van der Waals surface area contributed by atoms with Gasteiger partial charge in [0.05, 0.1) is 23.7 Å². The average molecular weight is 302 g/mol. The molecule has 112 valence electrons. The van der Waals surface area contributed by atoms with Gasteiger partial charge in [-0.25, -0.2) is 13.2 Å². The molecular weight excluding hydrogens is 284 g/mol. The summed E-state index contributed by atoms with van der Waals surface area (Å²) in [6.07, 6.45) is -0.829. The molecule has 20 heavy (non-hydrogen) atoms. The number of nitrogen functional groups attached to an aromatic ring is 1. The van der Waals surface area contributed by atoms with Gasteiger partial charge in [0.1, 0.15) is 0 Å². The summed E-state index contributed by atoms with van der Waals surface area (Å²) in [7, 11) is -1.45. The van der Waals surface area contributed by atoms with E-state index in [1.165, 1.54) is 32.2 Å². The number of likely N-dealkylation sites (N-methyl/N-ethyl adjacent to an activating group) is 1. The first-order valence-electron chi connectivity index (χ1n) is 5.82. The van der Waals surface area contributed by atoms with Gasteiger partial charge in [-0.2, -0.15) is 4.31 Å². The summed E-state index contributed by atoms with van der Waals surface area (Å²) < 4.78 is 30.3. The number of aliphatic hydroxyl groups is 1. The molecule has 0 saturated heterocycles. The van der Waals surface area contributed by atoms with Gasteiger partial charge >= 0.3 is 5.97 Å². The Hall–Kier alpha value is -1.64. The number of anilines is 1. The largest absolute Gasteiger partial charge is 0.465 e.